The van der Waals surface area contributed by atoms with Gasteiger partial charge in [0.1, 0.15) is 12.4 Å². The van der Waals surface area contributed by atoms with Crippen molar-refractivity contribution < 1.29 is 14.6 Å². The summed E-state index contributed by atoms with van der Waals surface area (Å²) in [5.41, 5.74) is 2.17. The highest BCUT2D eigenvalue weighted by molar-refractivity contribution is 5.67. The molecule has 0 aliphatic heterocycles. The highest BCUT2D eigenvalue weighted by Crippen LogP contribution is 2.39. The maximum atomic E-state index is 11.6. The Hall–Kier alpha value is -1.97. The van der Waals surface area contributed by atoms with Gasteiger partial charge in [-0.25, -0.2) is 4.79 Å². The number of rotatable bonds is 4. The molecule has 0 atom stereocenters. The van der Waals surface area contributed by atoms with Gasteiger partial charge in [0.25, 0.3) is 0 Å². The van der Waals surface area contributed by atoms with Gasteiger partial charge in [0, 0.05) is 6.54 Å². The fraction of sp³-hybridized carbons (Fsp3) is 0.526. The zero-order valence-corrected chi connectivity index (χ0v) is 15.1. The third-order valence-corrected chi connectivity index (χ3v) is 3.55. The summed E-state index contributed by atoms with van der Waals surface area (Å²) >= 11 is 0. The first-order valence-corrected chi connectivity index (χ1v) is 7.85. The number of phenols is 1. The Balaban J connectivity index is 3.13. The van der Waals surface area contributed by atoms with Crippen LogP contribution in [0.1, 0.15) is 58.2 Å². The Morgan fingerprint density at radius 3 is 2.04 bits per heavy atom. The van der Waals surface area contributed by atoms with Crippen LogP contribution in [-0.2, 0) is 22.2 Å². The Labute approximate surface area is 139 Å². The van der Waals surface area contributed by atoms with E-state index in [1.165, 1.54) is 0 Å². The molecule has 0 saturated carbocycles. The van der Waals surface area contributed by atoms with Crippen LogP contribution in [0.25, 0.3) is 0 Å². The van der Waals surface area contributed by atoms with Gasteiger partial charge < -0.3 is 15.2 Å². The van der Waals surface area contributed by atoms with E-state index >= 15 is 0 Å². The summed E-state index contributed by atoms with van der Waals surface area (Å²) in [6.45, 7) is 16.4. The highest BCUT2D eigenvalue weighted by Gasteiger charge is 2.26. The molecule has 0 aromatic heterocycles. The monoisotopic (exact) mass is 319 g/mol. The molecule has 2 N–H and O–H groups in total. The molecule has 0 radical (unpaired) electrons. The number of aromatic hydroxyl groups is 1. The van der Waals surface area contributed by atoms with E-state index in [9.17, 15) is 9.90 Å². The predicted molar refractivity (Wildman–Crippen MR) is 93.9 cm³/mol. The molecule has 0 spiro atoms. The van der Waals surface area contributed by atoms with Crippen molar-refractivity contribution in [2.24, 2.45) is 0 Å². The van der Waals surface area contributed by atoms with Gasteiger partial charge in [-0.05, 0) is 39.7 Å². The molecule has 0 aliphatic rings. The van der Waals surface area contributed by atoms with Crippen molar-refractivity contribution in [3.8, 4) is 5.75 Å². The van der Waals surface area contributed by atoms with E-state index in [2.05, 4.69) is 53.4 Å². The number of ether oxygens (including phenoxy) is 1. The minimum atomic E-state index is -0.479. The Kier molecular flexibility index (Phi) is 5.86. The van der Waals surface area contributed by atoms with Gasteiger partial charge in [-0.3, -0.25) is 0 Å². The predicted octanol–water partition coefficient (Wildman–Crippen LogP) is 4.40. The zero-order chi connectivity index (χ0) is 17.8. The van der Waals surface area contributed by atoms with Gasteiger partial charge in [-0.1, -0.05) is 47.6 Å². The largest absolute Gasteiger partial charge is 0.507 e. The second kappa shape index (κ2) is 7.07. The zero-order valence-electron chi connectivity index (χ0n) is 15.1. The number of amides is 1. The van der Waals surface area contributed by atoms with Crippen LogP contribution in [0.5, 0.6) is 5.75 Å². The molecular weight excluding hydrogens is 290 g/mol. The maximum Gasteiger partial charge on any atom is 0.407 e. The van der Waals surface area contributed by atoms with Crippen molar-refractivity contribution in [2.75, 3.05) is 6.54 Å². The number of alkyl carbamates (subject to hydrolysis) is 1. The normalized spacial score (nSPS) is 11.9. The molecule has 0 unspecified atom stereocenters. The smallest absolute Gasteiger partial charge is 0.407 e. The molecule has 128 valence electrons. The van der Waals surface area contributed by atoms with Gasteiger partial charge in [0.2, 0.25) is 0 Å². The second-order valence-electron chi connectivity index (χ2n) is 7.79. The van der Waals surface area contributed by atoms with Crippen LogP contribution in [0.2, 0.25) is 0 Å². The number of carbonyl (C=O) groups is 1. The molecule has 0 fully saturated rings. The summed E-state index contributed by atoms with van der Waals surface area (Å²) in [6, 6.07) is 3.82. The van der Waals surface area contributed by atoms with Gasteiger partial charge in [-0.15, -0.1) is 6.58 Å². The van der Waals surface area contributed by atoms with Crippen LogP contribution < -0.4 is 5.32 Å². The standard InChI is InChI=1S/C19H29NO3/c1-8-9-20-17(22)23-12-13-10-14(18(2,3)4)16(21)15(11-13)19(5,6)7/h8,10-11,21H,1,9,12H2,2-7H3,(H,20,22). The number of hydrogen-bond donors (Lipinski definition) is 2. The van der Waals surface area contributed by atoms with Crippen molar-refractivity contribution in [3.05, 3.63) is 41.5 Å². The van der Waals surface area contributed by atoms with Crippen molar-refractivity contribution in [3.63, 3.8) is 0 Å². The van der Waals surface area contributed by atoms with E-state index in [-0.39, 0.29) is 17.4 Å². The summed E-state index contributed by atoms with van der Waals surface area (Å²) < 4.78 is 5.23. The van der Waals surface area contributed by atoms with Gasteiger partial charge in [0.15, 0.2) is 0 Å². The molecule has 1 aromatic rings. The topological polar surface area (TPSA) is 58.6 Å². The van der Waals surface area contributed by atoms with E-state index in [1.54, 1.807) is 6.08 Å². The molecule has 23 heavy (non-hydrogen) atoms. The number of phenolic OH excluding ortho intramolecular Hbond substituents is 1. The van der Waals surface area contributed by atoms with Crippen molar-refractivity contribution in [1.82, 2.24) is 5.32 Å². The molecule has 1 aromatic carbocycles. The second-order valence-corrected chi connectivity index (χ2v) is 7.79. The van der Waals surface area contributed by atoms with Crippen LogP contribution in [0, 0.1) is 0 Å². The Morgan fingerprint density at radius 2 is 1.65 bits per heavy atom. The molecular formula is C19H29NO3. The van der Waals surface area contributed by atoms with Crippen LogP contribution >= 0.6 is 0 Å². The molecule has 0 bridgehead atoms. The van der Waals surface area contributed by atoms with Crippen molar-refractivity contribution in [1.29, 1.82) is 0 Å². The first-order chi connectivity index (χ1) is 10.5. The highest BCUT2D eigenvalue weighted by atomic mass is 16.5. The van der Waals surface area contributed by atoms with Gasteiger partial charge in [-0.2, -0.15) is 0 Å². The third kappa shape index (κ3) is 5.31. The lowest BCUT2D eigenvalue weighted by atomic mass is 9.78. The van der Waals surface area contributed by atoms with Crippen molar-refractivity contribution in [2.45, 2.75) is 59.0 Å². The average molecular weight is 319 g/mol. The average Bonchev–Trinajstić information content (AvgIpc) is 2.41. The molecule has 0 heterocycles. The van der Waals surface area contributed by atoms with Crippen LogP contribution in [0.3, 0.4) is 0 Å². The first-order valence-electron chi connectivity index (χ1n) is 7.85. The van der Waals surface area contributed by atoms with E-state index in [4.69, 9.17) is 4.74 Å². The summed E-state index contributed by atoms with van der Waals surface area (Å²) in [5.74, 6) is 0.324. The lowest BCUT2D eigenvalue weighted by molar-refractivity contribution is 0.140. The fourth-order valence-electron chi connectivity index (χ4n) is 2.28. The molecule has 4 nitrogen and oxygen atoms in total. The van der Waals surface area contributed by atoms with Crippen LogP contribution in [-0.4, -0.2) is 17.7 Å². The number of nitrogens with one attached hydrogen (secondary N) is 1. The third-order valence-electron chi connectivity index (χ3n) is 3.55. The molecule has 0 saturated heterocycles. The number of carbonyl (C=O) groups excluding carboxylic acids is 1. The molecule has 4 heteroatoms. The molecule has 1 rings (SSSR count). The van der Waals surface area contributed by atoms with Crippen LogP contribution in [0.4, 0.5) is 4.79 Å². The quantitative estimate of drug-likeness (QED) is 0.809. The fourth-order valence-corrected chi connectivity index (χ4v) is 2.28. The lowest BCUT2D eigenvalue weighted by Crippen LogP contribution is -2.24. The number of benzene rings is 1. The van der Waals surface area contributed by atoms with Crippen molar-refractivity contribution >= 4 is 6.09 Å². The minimum absolute atomic E-state index is 0.162. The lowest BCUT2D eigenvalue weighted by Gasteiger charge is -2.28. The van der Waals surface area contributed by atoms with E-state index in [0.29, 0.717) is 12.3 Å². The van der Waals surface area contributed by atoms with E-state index in [0.717, 1.165) is 16.7 Å². The summed E-state index contributed by atoms with van der Waals surface area (Å²) in [4.78, 5) is 11.6. The van der Waals surface area contributed by atoms with Crippen LogP contribution in [0.15, 0.2) is 24.8 Å². The SMILES string of the molecule is C=CCNC(=O)OCc1cc(C(C)(C)C)c(O)c(C(C)(C)C)c1. The van der Waals surface area contributed by atoms with Gasteiger partial charge in [0.05, 0.1) is 0 Å². The van der Waals surface area contributed by atoms with E-state index in [1.807, 2.05) is 12.1 Å². The summed E-state index contributed by atoms with van der Waals surface area (Å²) in [5, 5.41) is 13.2. The van der Waals surface area contributed by atoms with E-state index < -0.39 is 6.09 Å². The maximum absolute atomic E-state index is 11.6. The summed E-state index contributed by atoms with van der Waals surface area (Å²) in [7, 11) is 0. The minimum Gasteiger partial charge on any atom is -0.507 e. The molecule has 0 aliphatic carbocycles. The molecule has 1 amide bonds. The summed E-state index contributed by atoms with van der Waals surface area (Å²) in [6.07, 6.45) is 1.12. The Morgan fingerprint density at radius 1 is 1.17 bits per heavy atom. The first kappa shape index (κ1) is 19.1. The van der Waals surface area contributed by atoms with Gasteiger partial charge >= 0.3 is 6.09 Å². The number of hydrogen-bond acceptors (Lipinski definition) is 3. The Bertz CT molecular complexity index is 542.